The molecule has 2 aromatic rings. The van der Waals surface area contributed by atoms with Crippen LogP contribution in [0.2, 0.25) is 0 Å². The molecule has 0 amide bonds. The van der Waals surface area contributed by atoms with Gasteiger partial charge in [0.25, 0.3) is 0 Å². The Bertz CT molecular complexity index is 744. The number of rotatable bonds is 5. The average molecular weight is 407 g/mol. The van der Waals surface area contributed by atoms with E-state index in [0.29, 0.717) is 16.7 Å². The number of nitrogens with zero attached hydrogens (tertiary/aromatic N) is 2. The predicted molar refractivity (Wildman–Crippen MR) is 83.7 cm³/mol. The van der Waals surface area contributed by atoms with Crippen LogP contribution in [0.3, 0.4) is 0 Å². The Hall–Kier alpha value is -2.03. The maximum atomic E-state index is 12.7. The van der Waals surface area contributed by atoms with Gasteiger partial charge in [-0.1, -0.05) is 15.9 Å². The molecule has 1 aromatic heterocycles. The Kier molecular flexibility index (Phi) is 5.53. The number of benzene rings is 1. The molecular weight excluding hydrogens is 393 g/mol. The van der Waals surface area contributed by atoms with Crippen LogP contribution in [0, 0.1) is 0 Å². The zero-order chi connectivity index (χ0) is 17.9. The number of aryl methyl sites for hydroxylation is 1. The normalized spacial score (nSPS) is 11.4. The third kappa shape index (κ3) is 4.28. The Morgan fingerprint density at radius 2 is 2.00 bits per heavy atom. The molecule has 9 heteroatoms. The van der Waals surface area contributed by atoms with Crippen molar-refractivity contribution in [1.29, 1.82) is 0 Å². The zero-order valence-electron chi connectivity index (χ0n) is 12.9. The first kappa shape index (κ1) is 18.3. The quantitative estimate of drug-likeness (QED) is 0.690. The molecule has 0 fully saturated rings. The molecular formula is C15H14BrF3N2O3. The van der Waals surface area contributed by atoms with Gasteiger partial charge in [-0.15, -0.1) is 13.2 Å². The number of esters is 1. The summed E-state index contributed by atoms with van der Waals surface area (Å²) >= 11 is 3.12. The highest BCUT2D eigenvalue weighted by atomic mass is 79.9. The standard InChI is InChI=1S/C15H14BrF3N2O3/c1-3-21-12(8-11(20-21)14(22)23-4-2)10-6-5-9(16)7-13(10)24-15(17,18)19/h5-8H,3-4H2,1-2H3. The monoisotopic (exact) mass is 406 g/mol. The van der Waals surface area contributed by atoms with E-state index in [1.807, 2.05) is 0 Å². The number of halogens is 4. The minimum absolute atomic E-state index is 0.0228. The SMILES string of the molecule is CCOC(=O)c1cc(-c2ccc(Br)cc2OC(F)(F)F)n(CC)n1. The van der Waals surface area contributed by atoms with Crippen LogP contribution in [-0.4, -0.2) is 28.7 Å². The Balaban J connectivity index is 2.53. The van der Waals surface area contributed by atoms with Crippen molar-refractivity contribution >= 4 is 21.9 Å². The number of carbonyl (C=O) groups excluding carboxylic acids is 1. The molecule has 2 rings (SSSR count). The van der Waals surface area contributed by atoms with E-state index in [0.717, 1.165) is 0 Å². The van der Waals surface area contributed by atoms with Crippen LogP contribution >= 0.6 is 15.9 Å². The molecule has 0 aliphatic rings. The van der Waals surface area contributed by atoms with E-state index in [1.54, 1.807) is 19.9 Å². The van der Waals surface area contributed by atoms with Gasteiger partial charge in [-0.05, 0) is 38.1 Å². The number of alkyl halides is 3. The maximum Gasteiger partial charge on any atom is 0.573 e. The van der Waals surface area contributed by atoms with Gasteiger partial charge in [0, 0.05) is 16.6 Å². The van der Waals surface area contributed by atoms with E-state index in [1.165, 1.54) is 22.9 Å². The predicted octanol–water partition coefficient (Wildman–Crippen LogP) is 4.41. The largest absolute Gasteiger partial charge is 0.573 e. The van der Waals surface area contributed by atoms with Crippen molar-refractivity contribution in [2.75, 3.05) is 6.61 Å². The van der Waals surface area contributed by atoms with E-state index in [-0.39, 0.29) is 23.6 Å². The summed E-state index contributed by atoms with van der Waals surface area (Å²) in [6, 6.07) is 5.63. The molecule has 0 saturated heterocycles. The number of ether oxygens (including phenoxy) is 2. The van der Waals surface area contributed by atoms with Gasteiger partial charge in [0.15, 0.2) is 5.69 Å². The lowest BCUT2D eigenvalue weighted by molar-refractivity contribution is -0.274. The Labute approximate surface area is 144 Å². The summed E-state index contributed by atoms with van der Waals surface area (Å²) in [5, 5.41) is 4.08. The van der Waals surface area contributed by atoms with E-state index >= 15 is 0 Å². The van der Waals surface area contributed by atoms with Crippen molar-refractivity contribution in [2.45, 2.75) is 26.8 Å². The van der Waals surface area contributed by atoms with Crippen LogP contribution in [0.1, 0.15) is 24.3 Å². The molecule has 1 aromatic carbocycles. The van der Waals surface area contributed by atoms with Crippen LogP contribution in [0.15, 0.2) is 28.7 Å². The molecule has 0 unspecified atom stereocenters. The number of hydrogen-bond donors (Lipinski definition) is 0. The molecule has 0 radical (unpaired) electrons. The topological polar surface area (TPSA) is 53.4 Å². The molecule has 0 saturated carbocycles. The van der Waals surface area contributed by atoms with Crippen LogP contribution < -0.4 is 4.74 Å². The second-order valence-corrected chi connectivity index (χ2v) is 5.56. The molecule has 0 atom stereocenters. The van der Waals surface area contributed by atoms with Crippen molar-refractivity contribution in [2.24, 2.45) is 0 Å². The van der Waals surface area contributed by atoms with Gasteiger partial charge in [-0.3, -0.25) is 4.68 Å². The highest BCUT2D eigenvalue weighted by Crippen LogP contribution is 2.36. The van der Waals surface area contributed by atoms with Crippen LogP contribution in [-0.2, 0) is 11.3 Å². The Morgan fingerprint density at radius 3 is 2.58 bits per heavy atom. The lowest BCUT2D eigenvalue weighted by Crippen LogP contribution is -2.18. The summed E-state index contributed by atoms with van der Waals surface area (Å²) in [4.78, 5) is 11.8. The fourth-order valence-corrected chi connectivity index (χ4v) is 2.44. The molecule has 130 valence electrons. The van der Waals surface area contributed by atoms with Gasteiger partial charge in [0.1, 0.15) is 5.75 Å². The molecule has 0 aliphatic carbocycles. The van der Waals surface area contributed by atoms with Crippen LogP contribution in [0.25, 0.3) is 11.3 Å². The van der Waals surface area contributed by atoms with E-state index < -0.39 is 12.3 Å². The molecule has 0 spiro atoms. The van der Waals surface area contributed by atoms with E-state index in [4.69, 9.17) is 4.74 Å². The van der Waals surface area contributed by atoms with E-state index in [2.05, 4.69) is 25.8 Å². The first-order valence-electron chi connectivity index (χ1n) is 7.05. The summed E-state index contributed by atoms with van der Waals surface area (Å²) in [5.74, 6) is -1.02. The van der Waals surface area contributed by atoms with Crippen molar-refractivity contribution in [3.8, 4) is 17.0 Å². The third-order valence-corrected chi connectivity index (χ3v) is 3.50. The third-order valence-electron chi connectivity index (χ3n) is 3.01. The fraction of sp³-hybridized carbons (Fsp3) is 0.333. The van der Waals surface area contributed by atoms with Crippen LogP contribution in [0.4, 0.5) is 13.2 Å². The molecule has 24 heavy (non-hydrogen) atoms. The summed E-state index contributed by atoms with van der Waals surface area (Å²) in [7, 11) is 0. The van der Waals surface area contributed by atoms with Gasteiger partial charge >= 0.3 is 12.3 Å². The summed E-state index contributed by atoms with van der Waals surface area (Å²) in [6.45, 7) is 3.94. The Morgan fingerprint density at radius 1 is 1.29 bits per heavy atom. The van der Waals surface area contributed by atoms with Gasteiger partial charge in [0.2, 0.25) is 0 Å². The smallest absolute Gasteiger partial charge is 0.461 e. The molecule has 1 heterocycles. The molecule has 0 N–H and O–H groups in total. The van der Waals surface area contributed by atoms with E-state index in [9.17, 15) is 18.0 Å². The zero-order valence-corrected chi connectivity index (χ0v) is 14.4. The highest BCUT2D eigenvalue weighted by molar-refractivity contribution is 9.10. The van der Waals surface area contributed by atoms with Crippen LogP contribution in [0.5, 0.6) is 5.75 Å². The fourth-order valence-electron chi connectivity index (χ4n) is 2.10. The first-order valence-corrected chi connectivity index (χ1v) is 7.85. The minimum atomic E-state index is -4.84. The number of aromatic nitrogens is 2. The lowest BCUT2D eigenvalue weighted by atomic mass is 10.1. The molecule has 0 bridgehead atoms. The summed E-state index contributed by atoms with van der Waals surface area (Å²) in [6.07, 6.45) is -4.84. The number of carbonyl (C=O) groups is 1. The van der Waals surface area contributed by atoms with Crippen molar-refractivity contribution in [3.05, 3.63) is 34.4 Å². The molecule has 5 nitrogen and oxygen atoms in total. The van der Waals surface area contributed by atoms with Crippen molar-refractivity contribution < 1.29 is 27.4 Å². The van der Waals surface area contributed by atoms with Gasteiger partial charge in [-0.25, -0.2) is 4.79 Å². The highest BCUT2D eigenvalue weighted by Gasteiger charge is 2.33. The number of hydrogen-bond acceptors (Lipinski definition) is 4. The minimum Gasteiger partial charge on any atom is -0.461 e. The summed E-state index contributed by atoms with van der Waals surface area (Å²) in [5.41, 5.74) is 0.516. The average Bonchev–Trinajstić information content (AvgIpc) is 2.90. The second kappa shape index (κ2) is 7.25. The van der Waals surface area contributed by atoms with Crippen molar-refractivity contribution in [3.63, 3.8) is 0 Å². The van der Waals surface area contributed by atoms with Crippen molar-refractivity contribution in [1.82, 2.24) is 9.78 Å². The first-order chi connectivity index (χ1) is 11.2. The maximum absolute atomic E-state index is 12.7. The van der Waals surface area contributed by atoms with Gasteiger partial charge < -0.3 is 9.47 Å². The molecule has 0 aliphatic heterocycles. The summed E-state index contributed by atoms with van der Waals surface area (Å²) < 4.78 is 48.8. The van der Waals surface area contributed by atoms with Gasteiger partial charge in [0.05, 0.1) is 12.3 Å². The lowest BCUT2D eigenvalue weighted by Gasteiger charge is -2.14. The second-order valence-electron chi connectivity index (χ2n) is 4.64. The van der Waals surface area contributed by atoms with Gasteiger partial charge in [-0.2, -0.15) is 5.10 Å².